The number of nitrogens with one attached hydrogen (secondary N) is 2. The van der Waals surface area contributed by atoms with Gasteiger partial charge in [0, 0.05) is 35.3 Å². The van der Waals surface area contributed by atoms with Gasteiger partial charge in [-0.15, -0.1) is 0 Å². The third-order valence-electron chi connectivity index (χ3n) is 7.04. The second-order valence-electron chi connectivity index (χ2n) is 9.63. The number of fused-ring (bicyclic) bond motifs is 2. The molecule has 6 aromatic rings. The highest BCUT2D eigenvalue weighted by atomic mass is 19.1. The molecular formula is C29H24FN7O. The second kappa shape index (κ2) is 9.33. The van der Waals surface area contributed by atoms with Gasteiger partial charge < -0.3 is 9.72 Å². The molecule has 1 aliphatic carbocycles. The van der Waals surface area contributed by atoms with Gasteiger partial charge in [0.2, 0.25) is 0 Å². The molecule has 0 aliphatic heterocycles. The largest absolute Gasteiger partial charge is 0.489 e. The van der Waals surface area contributed by atoms with E-state index in [-0.39, 0.29) is 11.9 Å². The summed E-state index contributed by atoms with van der Waals surface area (Å²) in [6.45, 7) is 0. The van der Waals surface area contributed by atoms with Crippen LogP contribution >= 0.6 is 0 Å². The lowest BCUT2D eigenvalue weighted by Crippen LogP contribution is -2.19. The second-order valence-corrected chi connectivity index (χ2v) is 9.63. The van der Waals surface area contributed by atoms with E-state index < -0.39 is 0 Å². The minimum atomic E-state index is -0.323. The molecule has 5 aromatic heterocycles. The summed E-state index contributed by atoms with van der Waals surface area (Å²) in [4.78, 5) is 21.6. The molecule has 188 valence electrons. The Labute approximate surface area is 217 Å². The van der Waals surface area contributed by atoms with E-state index in [1.807, 2.05) is 30.5 Å². The van der Waals surface area contributed by atoms with Crippen LogP contribution in [0.15, 0.2) is 67.3 Å². The van der Waals surface area contributed by atoms with Gasteiger partial charge in [0.05, 0.1) is 28.9 Å². The summed E-state index contributed by atoms with van der Waals surface area (Å²) in [5, 5.41) is 8.33. The van der Waals surface area contributed by atoms with Crippen molar-refractivity contribution in [1.29, 1.82) is 0 Å². The van der Waals surface area contributed by atoms with Crippen molar-refractivity contribution in [3.63, 3.8) is 0 Å². The molecule has 8 nitrogen and oxygen atoms in total. The molecule has 1 fully saturated rings. The van der Waals surface area contributed by atoms with Crippen LogP contribution in [0.5, 0.6) is 5.75 Å². The lowest BCUT2D eigenvalue weighted by Gasteiger charge is -2.23. The van der Waals surface area contributed by atoms with E-state index >= 15 is 0 Å². The molecule has 0 amide bonds. The van der Waals surface area contributed by atoms with Crippen molar-refractivity contribution in [2.45, 2.75) is 38.2 Å². The molecule has 0 atom stereocenters. The summed E-state index contributed by atoms with van der Waals surface area (Å²) in [5.74, 6) is 1.02. The van der Waals surface area contributed by atoms with Gasteiger partial charge >= 0.3 is 0 Å². The molecule has 2 N–H and O–H groups in total. The van der Waals surface area contributed by atoms with Crippen molar-refractivity contribution in [1.82, 2.24) is 35.1 Å². The van der Waals surface area contributed by atoms with Crippen molar-refractivity contribution >= 4 is 22.1 Å². The molecule has 9 heteroatoms. The Bertz CT molecular complexity index is 1770. The predicted octanol–water partition coefficient (Wildman–Crippen LogP) is 6.48. The number of aromatic amines is 2. The monoisotopic (exact) mass is 505 g/mol. The third kappa shape index (κ3) is 4.15. The molecule has 38 heavy (non-hydrogen) atoms. The fourth-order valence-corrected chi connectivity index (χ4v) is 5.15. The first-order chi connectivity index (χ1) is 18.7. The van der Waals surface area contributed by atoms with Crippen LogP contribution in [-0.2, 0) is 0 Å². The van der Waals surface area contributed by atoms with Crippen molar-refractivity contribution in [3.8, 4) is 39.7 Å². The molecule has 1 aromatic carbocycles. The van der Waals surface area contributed by atoms with Gasteiger partial charge in [-0.1, -0.05) is 18.6 Å². The maximum absolute atomic E-state index is 13.9. The van der Waals surface area contributed by atoms with E-state index in [0.29, 0.717) is 33.9 Å². The number of hydrogen-bond donors (Lipinski definition) is 2. The molecule has 0 saturated heterocycles. The Kier molecular flexibility index (Phi) is 5.53. The molecule has 0 spiro atoms. The zero-order valence-corrected chi connectivity index (χ0v) is 20.5. The van der Waals surface area contributed by atoms with Crippen molar-refractivity contribution in [3.05, 3.63) is 73.1 Å². The minimum Gasteiger partial charge on any atom is -0.489 e. The zero-order valence-electron chi connectivity index (χ0n) is 20.5. The Morgan fingerprint density at radius 3 is 2.66 bits per heavy atom. The Hall–Kier alpha value is -4.66. The van der Waals surface area contributed by atoms with Crippen molar-refractivity contribution < 1.29 is 9.13 Å². The van der Waals surface area contributed by atoms with Crippen LogP contribution in [0.25, 0.3) is 56.0 Å². The van der Waals surface area contributed by atoms with E-state index in [9.17, 15) is 4.39 Å². The lowest BCUT2D eigenvalue weighted by atomic mass is 9.98. The number of hydrogen-bond acceptors (Lipinski definition) is 6. The highest BCUT2D eigenvalue weighted by Gasteiger charge is 2.18. The third-order valence-corrected chi connectivity index (χ3v) is 7.04. The topological polar surface area (TPSA) is 105 Å². The van der Waals surface area contributed by atoms with E-state index in [2.05, 4.69) is 30.1 Å². The molecular weight excluding hydrogens is 481 g/mol. The smallest absolute Gasteiger partial charge is 0.159 e. The molecule has 1 aliphatic rings. The average Bonchev–Trinajstić information content (AvgIpc) is 3.57. The van der Waals surface area contributed by atoms with Gasteiger partial charge in [0.1, 0.15) is 22.8 Å². The summed E-state index contributed by atoms with van der Waals surface area (Å²) in [6.07, 6.45) is 13.2. The molecule has 5 heterocycles. The van der Waals surface area contributed by atoms with Gasteiger partial charge in [-0.2, -0.15) is 5.10 Å². The number of ether oxygens (including phenoxy) is 1. The fraction of sp³-hybridized carbons (Fsp3) is 0.207. The number of pyridine rings is 3. The Morgan fingerprint density at radius 2 is 1.76 bits per heavy atom. The first kappa shape index (κ1) is 22.5. The number of nitrogens with zero attached hydrogens (tertiary/aromatic N) is 5. The Morgan fingerprint density at radius 1 is 0.868 bits per heavy atom. The van der Waals surface area contributed by atoms with Crippen LogP contribution in [0.1, 0.15) is 32.1 Å². The van der Waals surface area contributed by atoms with Crippen molar-refractivity contribution in [2.24, 2.45) is 0 Å². The van der Waals surface area contributed by atoms with Gasteiger partial charge in [-0.05, 0) is 56.0 Å². The summed E-state index contributed by atoms with van der Waals surface area (Å²) in [7, 11) is 0. The van der Waals surface area contributed by atoms with Crippen LogP contribution in [0.2, 0.25) is 0 Å². The van der Waals surface area contributed by atoms with Gasteiger partial charge in [-0.25, -0.2) is 14.4 Å². The molecule has 1 saturated carbocycles. The van der Waals surface area contributed by atoms with Gasteiger partial charge in [0.25, 0.3) is 0 Å². The van der Waals surface area contributed by atoms with E-state index in [0.717, 1.165) is 40.6 Å². The standard InChI is InChI=1S/C29H24FN7O/c30-20-6-4-5-17(11-20)25-27-24(9-10-32-25)34-29(35-27)26-23-13-19(15-33-28(23)37-36-26)18-12-22(16-31-14-18)38-21-7-2-1-3-8-21/h4-6,9-16,21H,1-3,7-8H2,(H,34,35)(H,33,36,37). The normalized spacial score (nSPS) is 14.3. The summed E-state index contributed by atoms with van der Waals surface area (Å²) in [6, 6.07) is 12.2. The van der Waals surface area contributed by atoms with E-state index in [4.69, 9.17) is 9.72 Å². The maximum Gasteiger partial charge on any atom is 0.159 e. The van der Waals surface area contributed by atoms with Crippen LogP contribution in [0.4, 0.5) is 4.39 Å². The SMILES string of the molecule is Fc1cccc(-c2nccc3[nH]c(-c4n[nH]c5ncc(-c6cncc(OC7CCCCC7)c6)cc45)nc23)c1. The van der Waals surface area contributed by atoms with Crippen molar-refractivity contribution in [2.75, 3.05) is 0 Å². The first-order valence-electron chi connectivity index (χ1n) is 12.8. The van der Waals surface area contributed by atoms with E-state index in [1.165, 1.54) is 31.4 Å². The lowest BCUT2D eigenvalue weighted by molar-refractivity contribution is 0.154. The Balaban J connectivity index is 1.26. The summed E-state index contributed by atoms with van der Waals surface area (Å²) in [5.41, 5.74) is 5.79. The maximum atomic E-state index is 13.9. The van der Waals surface area contributed by atoms with Crippen LogP contribution in [-0.4, -0.2) is 41.2 Å². The van der Waals surface area contributed by atoms with Gasteiger partial charge in [-0.3, -0.25) is 15.1 Å². The number of rotatable bonds is 5. The highest BCUT2D eigenvalue weighted by Crippen LogP contribution is 2.32. The minimum absolute atomic E-state index is 0.252. The summed E-state index contributed by atoms with van der Waals surface area (Å²) >= 11 is 0. The van der Waals surface area contributed by atoms with Crippen LogP contribution in [0.3, 0.4) is 0 Å². The fourth-order valence-electron chi connectivity index (χ4n) is 5.15. The van der Waals surface area contributed by atoms with Crippen LogP contribution < -0.4 is 4.74 Å². The first-order valence-corrected chi connectivity index (χ1v) is 12.8. The van der Waals surface area contributed by atoms with Gasteiger partial charge in [0.15, 0.2) is 11.5 Å². The van der Waals surface area contributed by atoms with Crippen LogP contribution in [0, 0.1) is 5.82 Å². The molecule has 0 bridgehead atoms. The number of imidazole rings is 1. The number of halogens is 1. The highest BCUT2D eigenvalue weighted by molar-refractivity contribution is 5.96. The predicted molar refractivity (Wildman–Crippen MR) is 143 cm³/mol. The quantitative estimate of drug-likeness (QED) is 0.278. The zero-order chi connectivity index (χ0) is 25.5. The summed E-state index contributed by atoms with van der Waals surface area (Å²) < 4.78 is 20.1. The van der Waals surface area contributed by atoms with E-state index in [1.54, 1.807) is 24.7 Å². The molecule has 0 unspecified atom stereocenters. The number of benzene rings is 1. The number of aromatic nitrogens is 7. The molecule has 7 rings (SSSR count). The number of H-pyrrole nitrogens is 2. The molecule has 0 radical (unpaired) electrons. The average molecular weight is 506 g/mol.